The zero-order chi connectivity index (χ0) is 14.6. The van der Waals surface area contributed by atoms with E-state index in [1.54, 1.807) is 5.56 Å². The van der Waals surface area contributed by atoms with Crippen LogP contribution in [0.2, 0.25) is 0 Å². The fourth-order valence-electron chi connectivity index (χ4n) is 3.81. The fraction of sp³-hybridized carbons (Fsp3) is 0.579. The maximum atomic E-state index is 4.16. The van der Waals surface area contributed by atoms with Crippen LogP contribution in [0, 0.1) is 0 Å². The van der Waals surface area contributed by atoms with Gasteiger partial charge in [0, 0.05) is 24.2 Å². The molecule has 1 fully saturated rings. The number of benzene rings is 1. The molecule has 0 bridgehead atoms. The average Bonchev–Trinajstić information content (AvgIpc) is 2.50. The van der Waals surface area contributed by atoms with Gasteiger partial charge in [-0.05, 0) is 30.9 Å². The van der Waals surface area contributed by atoms with Gasteiger partial charge < -0.3 is 4.90 Å². The molecule has 0 unspecified atom stereocenters. The zero-order valence-electron chi connectivity index (χ0n) is 13.4. The fourth-order valence-corrected chi connectivity index (χ4v) is 3.81. The molecule has 0 amide bonds. The van der Waals surface area contributed by atoms with Crippen molar-refractivity contribution in [2.24, 2.45) is 0 Å². The van der Waals surface area contributed by atoms with Gasteiger partial charge in [-0.25, -0.2) is 0 Å². The van der Waals surface area contributed by atoms with E-state index in [1.807, 2.05) is 13.8 Å². The van der Waals surface area contributed by atoms with Crippen LogP contribution in [-0.2, 0) is 12.0 Å². The quantitative estimate of drug-likeness (QED) is 0.673. The molecule has 3 rings (SSSR count). The predicted molar refractivity (Wildman–Crippen MR) is 87.8 cm³/mol. The lowest BCUT2D eigenvalue weighted by molar-refractivity contribution is 0.173. The van der Waals surface area contributed by atoms with Crippen LogP contribution < -0.4 is 0 Å². The van der Waals surface area contributed by atoms with E-state index in [1.165, 1.54) is 49.9 Å². The Balaban J connectivity index is 0.000000704. The highest BCUT2D eigenvalue weighted by molar-refractivity contribution is 5.38. The Labute approximate surface area is 124 Å². The van der Waals surface area contributed by atoms with Crippen molar-refractivity contribution < 1.29 is 0 Å². The van der Waals surface area contributed by atoms with E-state index in [0.29, 0.717) is 5.41 Å². The van der Waals surface area contributed by atoms with Crippen molar-refractivity contribution in [1.29, 1.82) is 0 Å². The number of hydrogen-bond donors (Lipinski definition) is 0. The third-order valence-corrected chi connectivity index (χ3v) is 4.79. The first-order chi connectivity index (χ1) is 9.71. The largest absolute Gasteiger partial charge is 0.370 e. The summed E-state index contributed by atoms with van der Waals surface area (Å²) in [5, 5.41) is 0. The molecule has 1 heterocycles. The van der Waals surface area contributed by atoms with Gasteiger partial charge in [-0.3, -0.25) is 0 Å². The minimum Gasteiger partial charge on any atom is -0.370 e. The highest BCUT2D eigenvalue weighted by atomic mass is 15.1. The van der Waals surface area contributed by atoms with Crippen molar-refractivity contribution in [3.8, 4) is 0 Å². The maximum absolute atomic E-state index is 4.16. The monoisotopic (exact) mass is 271 g/mol. The molecule has 1 aliphatic carbocycles. The van der Waals surface area contributed by atoms with Gasteiger partial charge in [-0.15, -0.1) is 0 Å². The summed E-state index contributed by atoms with van der Waals surface area (Å²) < 4.78 is 0. The van der Waals surface area contributed by atoms with Crippen LogP contribution in [0.5, 0.6) is 0 Å². The van der Waals surface area contributed by atoms with Gasteiger partial charge in [-0.2, -0.15) is 0 Å². The zero-order valence-corrected chi connectivity index (χ0v) is 13.4. The van der Waals surface area contributed by atoms with Gasteiger partial charge in [0.1, 0.15) is 0 Å². The molecule has 0 saturated heterocycles. The van der Waals surface area contributed by atoms with E-state index in [-0.39, 0.29) is 0 Å². The Morgan fingerprint density at radius 2 is 1.75 bits per heavy atom. The van der Waals surface area contributed by atoms with Gasteiger partial charge in [0.25, 0.3) is 0 Å². The van der Waals surface area contributed by atoms with E-state index in [0.717, 1.165) is 6.54 Å². The molecule has 110 valence electrons. The second-order valence-electron chi connectivity index (χ2n) is 6.09. The average molecular weight is 271 g/mol. The van der Waals surface area contributed by atoms with Gasteiger partial charge in [0.05, 0.1) is 0 Å². The smallest absolute Gasteiger partial charge is 0.0429 e. The van der Waals surface area contributed by atoms with Crippen LogP contribution in [0.25, 0.3) is 0 Å². The summed E-state index contributed by atoms with van der Waals surface area (Å²) in [6, 6.07) is 9.07. The van der Waals surface area contributed by atoms with E-state index < -0.39 is 0 Å². The van der Waals surface area contributed by atoms with Crippen LogP contribution in [0.1, 0.15) is 64.0 Å². The van der Waals surface area contributed by atoms with E-state index in [2.05, 4.69) is 42.7 Å². The lowest BCUT2D eigenvalue weighted by Crippen LogP contribution is -2.45. The van der Waals surface area contributed by atoms with Crippen molar-refractivity contribution in [1.82, 2.24) is 4.90 Å². The van der Waals surface area contributed by atoms with Crippen LogP contribution in [0.3, 0.4) is 0 Å². The highest BCUT2D eigenvalue weighted by Crippen LogP contribution is 2.45. The molecule has 1 aromatic rings. The van der Waals surface area contributed by atoms with E-state index in [4.69, 9.17) is 0 Å². The number of hydrogen-bond acceptors (Lipinski definition) is 1. The Bertz CT molecular complexity index is 455. The summed E-state index contributed by atoms with van der Waals surface area (Å²) in [5.41, 5.74) is 4.77. The molecule has 0 N–H and O–H groups in total. The van der Waals surface area contributed by atoms with Crippen LogP contribution in [0.15, 0.2) is 36.5 Å². The van der Waals surface area contributed by atoms with Gasteiger partial charge >= 0.3 is 0 Å². The summed E-state index contributed by atoms with van der Waals surface area (Å²) >= 11 is 0. The lowest BCUT2D eigenvalue weighted by atomic mass is 9.66. The number of rotatable bonds is 1. The highest BCUT2D eigenvalue weighted by Gasteiger charge is 2.39. The third-order valence-electron chi connectivity index (χ3n) is 4.79. The van der Waals surface area contributed by atoms with Crippen molar-refractivity contribution in [3.63, 3.8) is 0 Å². The summed E-state index contributed by atoms with van der Waals surface area (Å²) in [7, 11) is 0. The second kappa shape index (κ2) is 6.47. The molecule has 0 radical (unpaired) electrons. The summed E-state index contributed by atoms with van der Waals surface area (Å²) in [6.45, 7) is 12.5. The second-order valence-corrected chi connectivity index (χ2v) is 6.09. The molecule has 1 heteroatoms. The molecule has 2 aliphatic rings. The van der Waals surface area contributed by atoms with E-state index in [9.17, 15) is 0 Å². The first-order valence-electron chi connectivity index (χ1n) is 8.20. The van der Waals surface area contributed by atoms with Crippen molar-refractivity contribution >= 4 is 0 Å². The molecule has 1 nitrogen and oxygen atoms in total. The van der Waals surface area contributed by atoms with Crippen molar-refractivity contribution in [3.05, 3.63) is 47.7 Å². The number of nitrogens with zero attached hydrogens (tertiary/aromatic N) is 1. The maximum Gasteiger partial charge on any atom is 0.0429 e. The predicted octanol–water partition coefficient (Wildman–Crippen LogP) is 5.26. The van der Waals surface area contributed by atoms with Crippen LogP contribution in [-0.4, -0.2) is 11.4 Å². The topological polar surface area (TPSA) is 3.24 Å². The van der Waals surface area contributed by atoms with Crippen LogP contribution in [0.4, 0.5) is 0 Å². The molecule has 0 atom stereocenters. The number of allylic oxidation sites excluding steroid dienone is 1. The molecular formula is C19H29N. The first-order valence-corrected chi connectivity index (χ1v) is 8.20. The Morgan fingerprint density at radius 1 is 1.10 bits per heavy atom. The molecule has 1 spiro atoms. The summed E-state index contributed by atoms with van der Waals surface area (Å²) in [4.78, 5) is 2.48. The molecule has 1 aromatic carbocycles. The Morgan fingerprint density at radius 3 is 2.40 bits per heavy atom. The summed E-state index contributed by atoms with van der Waals surface area (Å²) in [5.74, 6) is 0. The molecule has 1 saturated carbocycles. The van der Waals surface area contributed by atoms with Gasteiger partial charge in [-0.1, -0.05) is 64.0 Å². The normalized spacial score (nSPS) is 19.9. The molecule has 0 aromatic heterocycles. The minimum atomic E-state index is 0.409. The standard InChI is InChI=1S/C17H23N.C2H6/c1-14(2)18-12-15-8-4-5-9-16(15)17(13-18)10-6-3-7-11-17;1-2/h4-5,8-9H,1,3,6-7,10-13H2,2H3;1-2H3. The van der Waals surface area contributed by atoms with E-state index >= 15 is 0 Å². The lowest BCUT2D eigenvalue weighted by Gasteiger charge is -2.47. The first kappa shape index (κ1) is 15.2. The summed E-state index contributed by atoms with van der Waals surface area (Å²) in [6.07, 6.45) is 6.90. The van der Waals surface area contributed by atoms with Gasteiger partial charge in [0.2, 0.25) is 0 Å². The van der Waals surface area contributed by atoms with Crippen molar-refractivity contribution in [2.75, 3.05) is 6.54 Å². The minimum absolute atomic E-state index is 0.409. The van der Waals surface area contributed by atoms with Crippen LogP contribution >= 0.6 is 0 Å². The molecular weight excluding hydrogens is 242 g/mol. The molecule has 1 aliphatic heterocycles. The SMILES string of the molecule is C=C(C)N1Cc2ccccc2C2(CCCCC2)C1.CC. The van der Waals surface area contributed by atoms with Gasteiger partial charge in [0.15, 0.2) is 0 Å². The molecule has 20 heavy (non-hydrogen) atoms. The Hall–Kier alpha value is -1.24. The third kappa shape index (κ3) is 2.77. The number of fused-ring (bicyclic) bond motifs is 2. The Kier molecular flexibility index (Phi) is 4.91. The van der Waals surface area contributed by atoms with Crippen molar-refractivity contribution in [2.45, 2.75) is 64.8 Å².